The lowest BCUT2D eigenvalue weighted by Crippen LogP contribution is -2.37. The van der Waals surface area contributed by atoms with Gasteiger partial charge in [0.15, 0.2) is 5.58 Å². The number of nitriles is 1. The fourth-order valence-corrected chi connectivity index (χ4v) is 2.75. The normalized spacial score (nSPS) is 10.8. The number of aromatic nitrogens is 1. The number of fused-ring (bicyclic) bond motifs is 1. The fourth-order valence-electron chi connectivity index (χ4n) is 2.75. The van der Waals surface area contributed by atoms with Gasteiger partial charge < -0.3 is 9.42 Å². The van der Waals surface area contributed by atoms with Crippen molar-refractivity contribution in [1.82, 2.24) is 10.1 Å². The van der Waals surface area contributed by atoms with E-state index in [9.17, 15) is 4.79 Å². The molecule has 2 aromatic carbocycles. The van der Waals surface area contributed by atoms with Crippen molar-refractivity contribution < 1.29 is 9.32 Å². The maximum atomic E-state index is 12.8. The predicted octanol–water partition coefficient (Wildman–Crippen LogP) is 3.68. The lowest BCUT2D eigenvalue weighted by Gasteiger charge is -2.26. The van der Waals surface area contributed by atoms with E-state index in [4.69, 9.17) is 9.78 Å². The van der Waals surface area contributed by atoms with Gasteiger partial charge in [-0.1, -0.05) is 29.4 Å². The number of hydrogen-bond donors (Lipinski definition) is 0. The number of nitrogens with zero attached hydrogens (tertiary/aromatic N) is 3. The van der Waals surface area contributed by atoms with Gasteiger partial charge >= 0.3 is 0 Å². The lowest BCUT2D eigenvalue weighted by atomic mass is 10.1. The van der Waals surface area contributed by atoms with Gasteiger partial charge in [-0.25, -0.2) is 0 Å². The molecule has 0 atom stereocenters. The van der Waals surface area contributed by atoms with E-state index in [1.54, 1.807) is 12.1 Å². The first-order valence-corrected chi connectivity index (χ1v) is 8.20. The predicted molar refractivity (Wildman–Crippen MR) is 94.6 cm³/mol. The molecule has 0 radical (unpaired) electrons. The molecule has 1 amide bonds. The lowest BCUT2D eigenvalue weighted by molar-refractivity contribution is -0.132. The van der Waals surface area contributed by atoms with Crippen LogP contribution in [0.25, 0.3) is 11.0 Å². The Balaban J connectivity index is 1.77. The molecule has 0 N–H and O–H groups in total. The summed E-state index contributed by atoms with van der Waals surface area (Å²) in [4.78, 5) is 14.6. The SMILES string of the molecule is CC(C)N(Cc1ccc(C#N)cc1)C(=O)Cc1noc2ccccc12. The van der Waals surface area contributed by atoms with Crippen molar-refractivity contribution in [2.45, 2.75) is 32.9 Å². The Kier molecular flexibility index (Phi) is 4.80. The second-order valence-corrected chi connectivity index (χ2v) is 6.23. The summed E-state index contributed by atoms with van der Waals surface area (Å²) in [7, 11) is 0. The third kappa shape index (κ3) is 3.69. The van der Waals surface area contributed by atoms with Gasteiger partial charge in [-0.05, 0) is 43.7 Å². The molecule has 1 heterocycles. The van der Waals surface area contributed by atoms with Gasteiger partial charge in [-0.15, -0.1) is 0 Å². The van der Waals surface area contributed by atoms with Crippen LogP contribution in [0.3, 0.4) is 0 Å². The standard InChI is InChI=1S/C20H19N3O2/c1-14(2)23(13-16-9-7-15(12-21)8-10-16)20(24)11-18-17-5-3-4-6-19(17)25-22-18/h3-10,14H,11,13H2,1-2H3. The average Bonchev–Trinajstić information content (AvgIpc) is 3.03. The molecule has 0 unspecified atom stereocenters. The van der Waals surface area contributed by atoms with Crippen LogP contribution in [-0.4, -0.2) is 22.0 Å². The number of para-hydroxylation sites is 1. The number of benzene rings is 2. The monoisotopic (exact) mass is 333 g/mol. The first kappa shape index (κ1) is 16.7. The van der Waals surface area contributed by atoms with Crippen LogP contribution in [0.1, 0.15) is 30.7 Å². The minimum Gasteiger partial charge on any atom is -0.356 e. The smallest absolute Gasteiger partial charge is 0.229 e. The molecule has 3 aromatic rings. The van der Waals surface area contributed by atoms with E-state index < -0.39 is 0 Å². The number of carbonyl (C=O) groups is 1. The van der Waals surface area contributed by atoms with E-state index in [0.717, 1.165) is 10.9 Å². The van der Waals surface area contributed by atoms with Crippen molar-refractivity contribution in [3.8, 4) is 6.07 Å². The minimum absolute atomic E-state index is 0.00147. The van der Waals surface area contributed by atoms with Gasteiger partial charge in [0.05, 0.1) is 18.1 Å². The molecule has 0 fully saturated rings. The van der Waals surface area contributed by atoms with E-state index in [1.165, 1.54) is 0 Å². The van der Waals surface area contributed by atoms with E-state index in [-0.39, 0.29) is 18.4 Å². The summed E-state index contributed by atoms with van der Waals surface area (Å²) < 4.78 is 5.28. The zero-order valence-corrected chi connectivity index (χ0v) is 14.3. The summed E-state index contributed by atoms with van der Waals surface area (Å²) in [6.45, 7) is 4.48. The Labute approximate surface area is 146 Å². The zero-order chi connectivity index (χ0) is 17.8. The largest absolute Gasteiger partial charge is 0.356 e. The van der Waals surface area contributed by atoms with E-state index in [0.29, 0.717) is 23.4 Å². The Hall–Kier alpha value is -3.13. The third-order valence-electron chi connectivity index (χ3n) is 4.15. The molecule has 0 saturated carbocycles. The molecule has 126 valence electrons. The number of amides is 1. The van der Waals surface area contributed by atoms with Gasteiger partial charge in [0.1, 0.15) is 5.69 Å². The van der Waals surface area contributed by atoms with E-state index in [2.05, 4.69) is 11.2 Å². The Morgan fingerprint density at radius 1 is 1.20 bits per heavy atom. The van der Waals surface area contributed by atoms with Gasteiger partial charge in [0.25, 0.3) is 0 Å². The zero-order valence-electron chi connectivity index (χ0n) is 14.3. The van der Waals surface area contributed by atoms with Crippen molar-refractivity contribution in [2.75, 3.05) is 0 Å². The molecular formula is C20H19N3O2. The summed E-state index contributed by atoms with van der Waals surface area (Å²) in [5, 5.41) is 13.8. The van der Waals surface area contributed by atoms with Gasteiger partial charge in [0, 0.05) is 18.0 Å². The molecule has 0 spiro atoms. The van der Waals surface area contributed by atoms with Crippen molar-refractivity contribution >= 4 is 16.9 Å². The van der Waals surface area contributed by atoms with Crippen LogP contribution < -0.4 is 0 Å². The third-order valence-corrected chi connectivity index (χ3v) is 4.15. The highest BCUT2D eigenvalue weighted by molar-refractivity contribution is 5.86. The second kappa shape index (κ2) is 7.18. The minimum atomic E-state index is -0.00147. The highest BCUT2D eigenvalue weighted by Gasteiger charge is 2.20. The topological polar surface area (TPSA) is 70.1 Å². The van der Waals surface area contributed by atoms with Crippen molar-refractivity contribution in [3.05, 3.63) is 65.4 Å². The van der Waals surface area contributed by atoms with Crippen LogP contribution in [0.15, 0.2) is 53.1 Å². The molecule has 25 heavy (non-hydrogen) atoms. The van der Waals surface area contributed by atoms with Crippen LogP contribution in [0.5, 0.6) is 0 Å². The molecule has 0 saturated heterocycles. The van der Waals surface area contributed by atoms with Crippen molar-refractivity contribution in [2.24, 2.45) is 0 Å². The van der Waals surface area contributed by atoms with Crippen LogP contribution in [-0.2, 0) is 17.8 Å². The number of hydrogen-bond acceptors (Lipinski definition) is 4. The van der Waals surface area contributed by atoms with E-state index in [1.807, 2.05) is 55.1 Å². The summed E-state index contributed by atoms with van der Waals surface area (Å²) in [6.07, 6.45) is 0.200. The molecule has 3 rings (SSSR count). The molecule has 5 nitrogen and oxygen atoms in total. The van der Waals surface area contributed by atoms with Crippen LogP contribution in [0, 0.1) is 11.3 Å². The summed E-state index contributed by atoms with van der Waals surface area (Å²) in [5.41, 5.74) is 2.95. The summed E-state index contributed by atoms with van der Waals surface area (Å²) in [6, 6.07) is 17.0. The number of rotatable bonds is 5. The Morgan fingerprint density at radius 3 is 2.60 bits per heavy atom. The van der Waals surface area contributed by atoms with Crippen LogP contribution in [0.4, 0.5) is 0 Å². The molecule has 0 aliphatic heterocycles. The fraction of sp³-hybridized carbons (Fsp3) is 0.250. The highest BCUT2D eigenvalue weighted by atomic mass is 16.5. The summed E-state index contributed by atoms with van der Waals surface area (Å²) >= 11 is 0. The Bertz CT molecular complexity index is 920. The second-order valence-electron chi connectivity index (χ2n) is 6.23. The maximum absolute atomic E-state index is 12.8. The van der Waals surface area contributed by atoms with E-state index >= 15 is 0 Å². The van der Waals surface area contributed by atoms with Crippen molar-refractivity contribution in [1.29, 1.82) is 5.26 Å². The maximum Gasteiger partial charge on any atom is 0.229 e. The van der Waals surface area contributed by atoms with Gasteiger partial charge in [0.2, 0.25) is 5.91 Å². The molecule has 1 aromatic heterocycles. The first-order valence-electron chi connectivity index (χ1n) is 8.20. The quantitative estimate of drug-likeness (QED) is 0.714. The molecule has 0 bridgehead atoms. The summed E-state index contributed by atoms with van der Waals surface area (Å²) in [5.74, 6) is -0.00147. The van der Waals surface area contributed by atoms with Crippen LogP contribution in [0.2, 0.25) is 0 Å². The Morgan fingerprint density at radius 2 is 1.92 bits per heavy atom. The number of carbonyl (C=O) groups excluding carboxylic acids is 1. The van der Waals surface area contributed by atoms with Crippen LogP contribution >= 0.6 is 0 Å². The van der Waals surface area contributed by atoms with Gasteiger partial charge in [-0.3, -0.25) is 4.79 Å². The highest BCUT2D eigenvalue weighted by Crippen LogP contribution is 2.20. The first-order chi connectivity index (χ1) is 12.1. The molecule has 5 heteroatoms. The van der Waals surface area contributed by atoms with Gasteiger partial charge in [-0.2, -0.15) is 5.26 Å². The molecule has 0 aliphatic carbocycles. The molecule has 0 aliphatic rings. The molecular weight excluding hydrogens is 314 g/mol. The average molecular weight is 333 g/mol. The van der Waals surface area contributed by atoms with Crippen molar-refractivity contribution in [3.63, 3.8) is 0 Å².